The summed E-state index contributed by atoms with van der Waals surface area (Å²) in [6.07, 6.45) is 0.614. The van der Waals surface area contributed by atoms with Crippen LogP contribution in [0.15, 0.2) is 69.9 Å². The van der Waals surface area contributed by atoms with E-state index < -0.39 is 0 Å². The second-order valence-corrected chi connectivity index (χ2v) is 9.90. The van der Waals surface area contributed by atoms with Crippen LogP contribution in [0.5, 0.6) is 0 Å². The van der Waals surface area contributed by atoms with Crippen LogP contribution in [-0.2, 0) is 4.79 Å². The van der Waals surface area contributed by atoms with Crippen LogP contribution in [0.1, 0.15) is 38.7 Å². The number of hydrogen-bond donors (Lipinski definition) is 2. The molecule has 0 saturated heterocycles. The predicted molar refractivity (Wildman–Crippen MR) is 135 cm³/mol. The number of carbonyl (C=O) groups is 1. The van der Waals surface area contributed by atoms with E-state index in [0.29, 0.717) is 27.7 Å². The van der Waals surface area contributed by atoms with Crippen LogP contribution in [0, 0.1) is 0 Å². The molecule has 4 rings (SSSR count). The Labute approximate surface area is 195 Å². The predicted octanol–water partition coefficient (Wildman–Crippen LogP) is 6.28. The molecule has 164 valence electrons. The third kappa shape index (κ3) is 4.79. The Morgan fingerprint density at radius 3 is 2.50 bits per heavy atom. The summed E-state index contributed by atoms with van der Waals surface area (Å²) >= 11 is 2.73. The first-order valence-corrected chi connectivity index (χ1v) is 12.4. The molecule has 0 aliphatic rings. The zero-order valence-electron chi connectivity index (χ0n) is 18.2. The molecular weight excluding hydrogens is 438 g/mol. The highest BCUT2D eigenvalue weighted by Crippen LogP contribution is 2.33. The second-order valence-electron chi connectivity index (χ2n) is 7.85. The van der Waals surface area contributed by atoms with E-state index in [1.807, 2.05) is 42.6 Å². The lowest BCUT2D eigenvalue weighted by Crippen LogP contribution is -2.25. The fraction of sp³-hybridized carbons (Fsp3) is 0.240. The lowest BCUT2D eigenvalue weighted by atomic mass is 9.99. The molecule has 0 bridgehead atoms. The van der Waals surface area contributed by atoms with Crippen molar-refractivity contribution in [2.24, 2.45) is 0 Å². The molecule has 0 spiro atoms. The molecule has 1 unspecified atom stereocenters. The number of H-pyrrole nitrogens is 1. The maximum absolute atomic E-state index is 13.0. The number of nitrogens with one attached hydrogen (secondary N) is 2. The van der Waals surface area contributed by atoms with E-state index in [4.69, 9.17) is 0 Å². The van der Waals surface area contributed by atoms with Crippen LogP contribution in [0.2, 0.25) is 0 Å². The Balaban J connectivity index is 1.58. The van der Waals surface area contributed by atoms with Gasteiger partial charge in [-0.05, 0) is 35.6 Å². The highest BCUT2D eigenvalue weighted by Gasteiger charge is 2.21. The van der Waals surface area contributed by atoms with Gasteiger partial charge in [0.05, 0.1) is 10.6 Å². The highest BCUT2D eigenvalue weighted by atomic mass is 32.2. The quantitative estimate of drug-likeness (QED) is 0.250. The molecule has 1 amide bonds. The Hall–Kier alpha value is -2.90. The van der Waals surface area contributed by atoms with Crippen molar-refractivity contribution in [3.8, 4) is 11.1 Å². The molecule has 2 aromatic carbocycles. The van der Waals surface area contributed by atoms with E-state index in [9.17, 15) is 9.59 Å². The molecule has 5 nitrogen and oxygen atoms in total. The van der Waals surface area contributed by atoms with Crippen LogP contribution in [-0.4, -0.2) is 21.1 Å². The Kier molecular flexibility index (Phi) is 6.77. The van der Waals surface area contributed by atoms with Crippen molar-refractivity contribution < 1.29 is 4.79 Å². The van der Waals surface area contributed by atoms with Crippen molar-refractivity contribution in [1.82, 2.24) is 9.97 Å². The third-order valence-electron chi connectivity index (χ3n) is 5.27. The van der Waals surface area contributed by atoms with Gasteiger partial charge in [-0.3, -0.25) is 9.59 Å². The van der Waals surface area contributed by atoms with Crippen molar-refractivity contribution in [2.75, 3.05) is 5.32 Å². The summed E-state index contributed by atoms with van der Waals surface area (Å²) in [5, 5.41) is 5.60. The number of aromatic nitrogens is 2. The average Bonchev–Trinajstić information content (AvgIpc) is 3.22. The minimum Gasteiger partial charge on any atom is -0.325 e. The number of carbonyl (C=O) groups excluding carboxylic acids is 1. The number of nitrogens with zero attached hydrogens (tertiary/aromatic N) is 1. The number of hydrogen-bond acceptors (Lipinski definition) is 5. The minimum atomic E-state index is -0.362. The Morgan fingerprint density at radius 1 is 1.12 bits per heavy atom. The summed E-state index contributed by atoms with van der Waals surface area (Å²) < 4.78 is 0. The van der Waals surface area contributed by atoms with E-state index in [1.54, 1.807) is 0 Å². The molecule has 0 saturated carbocycles. The first-order chi connectivity index (χ1) is 15.5. The van der Waals surface area contributed by atoms with Gasteiger partial charge < -0.3 is 10.3 Å². The van der Waals surface area contributed by atoms with Gasteiger partial charge in [0.1, 0.15) is 4.83 Å². The number of benzene rings is 2. The maximum Gasteiger partial charge on any atom is 0.260 e. The fourth-order valence-electron chi connectivity index (χ4n) is 3.45. The molecule has 7 heteroatoms. The number of anilines is 1. The van der Waals surface area contributed by atoms with Crippen molar-refractivity contribution >= 4 is 44.9 Å². The molecule has 2 heterocycles. The second kappa shape index (κ2) is 9.71. The van der Waals surface area contributed by atoms with Gasteiger partial charge >= 0.3 is 0 Å². The molecule has 1 atom stereocenters. The molecule has 0 aliphatic heterocycles. The summed E-state index contributed by atoms with van der Waals surface area (Å²) in [7, 11) is 0. The van der Waals surface area contributed by atoms with Gasteiger partial charge in [0.15, 0.2) is 5.16 Å². The van der Waals surface area contributed by atoms with Crippen LogP contribution in [0.25, 0.3) is 21.3 Å². The number of thioether (sulfide) groups is 1. The van der Waals surface area contributed by atoms with E-state index in [2.05, 4.69) is 53.4 Å². The summed E-state index contributed by atoms with van der Waals surface area (Å²) in [5.74, 6) is 0.349. The Bertz CT molecular complexity index is 1280. The van der Waals surface area contributed by atoms with E-state index in [-0.39, 0.29) is 16.7 Å². The number of aromatic amines is 1. The third-order valence-corrected chi connectivity index (χ3v) is 7.39. The standard InChI is InChI=1S/C25H25N3O2S2/c1-4-20(22(29)26-18-8-6-5-7-9-18)32-25-27-23(30)21-19(14-31-24(21)28-25)17-12-10-16(11-13-17)15(2)3/h5-15,20H,4H2,1-3H3,(H,26,29)(H,27,28,30). The van der Waals surface area contributed by atoms with Gasteiger partial charge in [-0.1, -0.05) is 75.0 Å². The molecule has 0 aliphatic carbocycles. The van der Waals surface area contributed by atoms with Crippen molar-refractivity contribution in [3.05, 3.63) is 75.9 Å². The summed E-state index contributed by atoms with van der Waals surface area (Å²) in [4.78, 5) is 33.9. The molecule has 0 fully saturated rings. The first-order valence-electron chi connectivity index (χ1n) is 10.6. The van der Waals surface area contributed by atoms with Crippen molar-refractivity contribution in [3.63, 3.8) is 0 Å². The number of amides is 1. The molecule has 2 aromatic heterocycles. The SMILES string of the molecule is CCC(Sc1nc2scc(-c3ccc(C(C)C)cc3)c2c(=O)[nH]1)C(=O)Nc1ccccc1. The van der Waals surface area contributed by atoms with Gasteiger partial charge in [-0.2, -0.15) is 0 Å². The zero-order chi connectivity index (χ0) is 22.7. The van der Waals surface area contributed by atoms with Crippen LogP contribution >= 0.6 is 23.1 Å². The fourth-order valence-corrected chi connectivity index (χ4v) is 5.35. The molecule has 0 radical (unpaired) electrons. The normalized spacial score (nSPS) is 12.2. The number of thiophene rings is 1. The lowest BCUT2D eigenvalue weighted by molar-refractivity contribution is -0.115. The average molecular weight is 464 g/mol. The van der Waals surface area contributed by atoms with Gasteiger partial charge in [0.25, 0.3) is 5.56 Å². The van der Waals surface area contributed by atoms with Gasteiger partial charge in [-0.15, -0.1) is 11.3 Å². The topological polar surface area (TPSA) is 74.8 Å². The maximum atomic E-state index is 13.0. The number of rotatable bonds is 7. The van der Waals surface area contributed by atoms with E-state index >= 15 is 0 Å². The van der Waals surface area contributed by atoms with Gasteiger partial charge in [0.2, 0.25) is 5.91 Å². The van der Waals surface area contributed by atoms with Crippen molar-refractivity contribution in [2.45, 2.75) is 43.5 Å². The van der Waals surface area contributed by atoms with Crippen LogP contribution in [0.3, 0.4) is 0 Å². The largest absolute Gasteiger partial charge is 0.325 e. The van der Waals surface area contributed by atoms with Crippen LogP contribution in [0.4, 0.5) is 5.69 Å². The lowest BCUT2D eigenvalue weighted by Gasteiger charge is -2.14. The smallest absolute Gasteiger partial charge is 0.260 e. The number of para-hydroxylation sites is 1. The van der Waals surface area contributed by atoms with E-state index in [0.717, 1.165) is 16.8 Å². The van der Waals surface area contributed by atoms with Crippen LogP contribution < -0.4 is 10.9 Å². The van der Waals surface area contributed by atoms with E-state index in [1.165, 1.54) is 28.7 Å². The first kappa shape index (κ1) is 22.3. The number of fused-ring (bicyclic) bond motifs is 1. The van der Waals surface area contributed by atoms with Gasteiger partial charge in [-0.25, -0.2) is 4.98 Å². The molecular formula is C25H25N3O2S2. The Morgan fingerprint density at radius 2 is 1.84 bits per heavy atom. The monoisotopic (exact) mass is 463 g/mol. The summed E-state index contributed by atoms with van der Waals surface area (Å²) in [6, 6.07) is 17.7. The molecule has 2 N–H and O–H groups in total. The summed E-state index contributed by atoms with van der Waals surface area (Å²) in [6.45, 7) is 6.27. The highest BCUT2D eigenvalue weighted by molar-refractivity contribution is 8.00. The molecule has 4 aromatic rings. The van der Waals surface area contributed by atoms with Crippen molar-refractivity contribution in [1.29, 1.82) is 0 Å². The van der Waals surface area contributed by atoms with Gasteiger partial charge in [0, 0.05) is 16.6 Å². The minimum absolute atomic E-state index is 0.108. The summed E-state index contributed by atoms with van der Waals surface area (Å²) in [5.41, 5.74) is 3.72. The zero-order valence-corrected chi connectivity index (χ0v) is 19.8. The molecule has 32 heavy (non-hydrogen) atoms.